The number of aryl methyl sites for hydroxylation is 2. The van der Waals surface area contributed by atoms with E-state index in [2.05, 4.69) is 15.3 Å². The number of ether oxygens (including phenoxy) is 1. The predicted molar refractivity (Wildman–Crippen MR) is 108 cm³/mol. The van der Waals surface area contributed by atoms with Crippen molar-refractivity contribution in [3.05, 3.63) is 71.5 Å². The molecule has 6 nitrogen and oxygen atoms in total. The summed E-state index contributed by atoms with van der Waals surface area (Å²) in [5, 5.41) is 2.89. The Morgan fingerprint density at radius 1 is 1.11 bits per heavy atom. The molecule has 2 aromatic carbocycles. The van der Waals surface area contributed by atoms with Crippen LogP contribution in [-0.4, -0.2) is 27.9 Å². The first kappa shape index (κ1) is 19.4. The molecule has 144 valence electrons. The summed E-state index contributed by atoms with van der Waals surface area (Å²) in [6, 6.07) is 12.7. The van der Waals surface area contributed by atoms with Crippen molar-refractivity contribution in [3.8, 4) is 11.4 Å². The van der Waals surface area contributed by atoms with Crippen molar-refractivity contribution in [1.29, 1.82) is 0 Å². The molecule has 1 aromatic heterocycles. The molecule has 0 unspecified atom stereocenters. The summed E-state index contributed by atoms with van der Waals surface area (Å²) < 4.78 is 5.46. The number of carbonyl (C=O) groups is 2. The standard InChI is InChI=1S/C22H23N3O3/c1-4-18(21(26)25-19-14(2)6-5-7-15(19)3)28-22(27)17-10-8-16(9-11-17)20-23-12-13-24-20/h5-13,18H,4H2,1-3H3,(H,23,24)(H,25,26)/t18-/m1/s1. The normalized spacial score (nSPS) is 11.7. The van der Waals surface area contributed by atoms with Crippen molar-refractivity contribution in [2.45, 2.75) is 33.3 Å². The number of anilines is 1. The molecule has 2 N–H and O–H groups in total. The maximum Gasteiger partial charge on any atom is 0.338 e. The van der Waals surface area contributed by atoms with Gasteiger partial charge in [0.25, 0.3) is 5.91 Å². The van der Waals surface area contributed by atoms with Crippen LogP contribution in [0, 0.1) is 13.8 Å². The quantitative estimate of drug-likeness (QED) is 0.629. The number of hydrogen-bond donors (Lipinski definition) is 2. The van der Waals surface area contributed by atoms with Crippen LogP contribution in [0.25, 0.3) is 11.4 Å². The molecule has 0 bridgehead atoms. The molecule has 0 spiro atoms. The molecule has 0 aliphatic heterocycles. The van der Waals surface area contributed by atoms with Gasteiger partial charge in [-0.2, -0.15) is 0 Å². The van der Waals surface area contributed by atoms with Crippen LogP contribution in [0.2, 0.25) is 0 Å². The minimum Gasteiger partial charge on any atom is -0.449 e. The summed E-state index contributed by atoms with van der Waals surface area (Å²) in [6.07, 6.45) is 2.92. The first-order valence-corrected chi connectivity index (χ1v) is 9.17. The minimum atomic E-state index is -0.865. The Balaban J connectivity index is 1.68. The molecular weight excluding hydrogens is 354 g/mol. The van der Waals surface area contributed by atoms with Crippen molar-refractivity contribution in [2.24, 2.45) is 0 Å². The number of carbonyl (C=O) groups excluding carboxylic acids is 2. The highest BCUT2D eigenvalue weighted by molar-refractivity contribution is 5.98. The van der Waals surface area contributed by atoms with Gasteiger partial charge in [-0.1, -0.05) is 37.3 Å². The maximum atomic E-state index is 12.6. The molecule has 3 aromatic rings. The third kappa shape index (κ3) is 4.28. The zero-order valence-corrected chi connectivity index (χ0v) is 16.2. The Morgan fingerprint density at radius 3 is 2.36 bits per heavy atom. The van der Waals surface area contributed by atoms with Gasteiger partial charge in [-0.05, 0) is 43.5 Å². The van der Waals surface area contributed by atoms with Crippen LogP contribution in [0.3, 0.4) is 0 Å². The topological polar surface area (TPSA) is 84.1 Å². The number of aromatic nitrogens is 2. The van der Waals surface area contributed by atoms with Crippen molar-refractivity contribution < 1.29 is 14.3 Å². The maximum absolute atomic E-state index is 12.6. The lowest BCUT2D eigenvalue weighted by molar-refractivity contribution is -0.124. The van der Waals surface area contributed by atoms with E-state index in [1.807, 2.05) is 39.0 Å². The van der Waals surface area contributed by atoms with Crippen LogP contribution >= 0.6 is 0 Å². The van der Waals surface area contributed by atoms with E-state index in [1.54, 1.807) is 36.7 Å². The molecule has 0 saturated carbocycles. The van der Waals surface area contributed by atoms with Crippen molar-refractivity contribution in [1.82, 2.24) is 9.97 Å². The molecule has 0 aliphatic rings. The summed E-state index contributed by atoms with van der Waals surface area (Å²) >= 11 is 0. The SMILES string of the molecule is CC[C@@H](OC(=O)c1ccc(-c2ncc[nH]2)cc1)C(=O)Nc1c(C)cccc1C. The number of H-pyrrole nitrogens is 1. The van der Waals surface area contributed by atoms with E-state index < -0.39 is 12.1 Å². The van der Waals surface area contributed by atoms with Crippen molar-refractivity contribution in [2.75, 3.05) is 5.32 Å². The van der Waals surface area contributed by atoms with E-state index in [0.717, 1.165) is 28.2 Å². The van der Waals surface area contributed by atoms with Crippen LogP contribution < -0.4 is 5.32 Å². The second-order valence-electron chi connectivity index (χ2n) is 6.57. The molecule has 1 heterocycles. The third-order valence-electron chi connectivity index (χ3n) is 4.53. The number of amides is 1. The van der Waals surface area contributed by atoms with Gasteiger partial charge in [0, 0.05) is 23.6 Å². The number of imidazole rings is 1. The Labute approximate surface area is 164 Å². The second kappa shape index (κ2) is 8.52. The smallest absolute Gasteiger partial charge is 0.338 e. The van der Waals surface area contributed by atoms with E-state index in [-0.39, 0.29) is 5.91 Å². The van der Waals surface area contributed by atoms with Gasteiger partial charge in [0.05, 0.1) is 5.56 Å². The minimum absolute atomic E-state index is 0.333. The van der Waals surface area contributed by atoms with Gasteiger partial charge in [0.15, 0.2) is 6.10 Å². The van der Waals surface area contributed by atoms with E-state index >= 15 is 0 Å². The highest BCUT2D eigenvalue weighted by Gasteiger charge is 2.23. The van der Waals surface area contributed by atoms with Gasteiger partial charge < -0.3 is 15.0 Å². The van der Waals surface area contributed by atoms with Gasteiger partial charge in [-0.25, -0.2) is 9.78 Å². The molecule has 3 rings (SSSR count). The predicted octanol–water partition coefficient (Wildman–Crippen LogP) is 4.27. The van der Waals surface area contributed by atoms with Crippen LogP contribution in [0.15, 0.2) is 54.9 Å². The fraction of sp³-hybridized carbons (Fsp3) is 0.227. The van der Waals surface area contributed by atoms with Gasteiger partial charge >= 0.3 is 5.97 Å². The molecule has 0 fully saturated rings. The summed E-state index contributed by atoms with van der Waals surface area (Å²) in [5.41, 5.74) is 3.92. The first-order valence-electron chi connectivity index (χ1n) is 9.17. The fourth-order valence-electron chi connectivity index (χ4n) is 2.92. The lowest BCUT2D eigenvalue weighted by atomic mass is 10.1. The molecule has 28 heavy (non-hydrogen) atoms. The van der Waals surface area contributed by atoms with E-state index in [0.29, 0.717) is 12.0 Å². The number of aromatic amines is 1. The number of hydrogen-bond acceptors (Lipinski definition) is 4. The number of benzene rings is 2. The average molecular weight is 377 g/mol. The molecule has 1 amide bonds. The lowest BCUT2D eigenvalue weighted by Crippen LogP contribution is -2.32. The molecule has 0 aliphatic carbocycles. The van der Waals surface area contributed by atoms with E-state index in [1.165, 1.54) is 0 Å². The van der Waals surface area contributed by atoms with Crippen LogP contribution in [0.5, 0.6) is 0 Å². The zero-order valence-electron chi connectivity index (χ0n) is 16.2. The van der Waals surface area contributed by atoms with E-state index in [4.69, 9.17) is 4.74 Å². The molecule has 0 radical (unpaired) electrons. The summed E-state index contributed by atoms with van der Waals surface area (Å²) in [7, 11) is 0. The summed E-state index contributed by atoms with van der Waals surface area (Å²) in [4.78, 5) is 32.3. The Hall–Kier alpha value is -3.41. The Bertz CT molecular complexity index is 943. The van der Waals surface area contributed by atoms with Crippen LogP contribution in [-0.2, 0) is 9.53 Å². The average Bonchev–Trinajstić information content (AvgIpc) is 3.23. The number of nitrogens with one attached hydrogen (secondary N) is 2. The monoisotopic (exact) mass is 377 g/mol. The van der Waals surface area contributed by atoms with Gasteiger partial charge in [-0.3, -0.25) is 4.79 Å². The number of nitrogens with zero attached hydrogens (tertiary/aromatic N) is 1. The summed E-state index contributed by atoms with van der Waals surface area (Å²) in [6.45, 7) is 5.66. The molecule has 6 heteroatoms. The highest BCUT2D eigenvalue weighted by atomic mass is 16.5. The van der Waals surface area contributed by atoms with Crippen LogP contribution in [0.4, 0.5) is 5.69 Å². The number of para-hydroxylation sites is 1. The second-order valence-corrected chi connectivity index (χ2v) is 6.57. The molecule has 1 atom stereocenters. The van der Waals surface area contributed by atoms with E-state index in [9.17, 15) is 9.59 Å². The van der Waals surface area contributed by atoms with Crippen molar-refractivity contribution in [3.63, 3.8) is 0 Å². The zero-order chi connectivity index (χ0) is 20.1. The molecular formula is C22H23N3O3. The first-order chi connectivity index (χ1) is 13.5. The fourth-order valence-corrected chi connectivity index (χ4v) is 2.92. The van der Waals surface area contributed by atoms with Gasteiger partial charge in [-0.15, -0.1) is 0 Å². The van der Waals surface area contributed by atoms with Crippen LogP contribution in [0.1, 0.15) is 34.8 Å². The number of esters is 1. The third-order valence-corrected chi connectivity index (χ3v) is 4.53. The summed E-state index contributed by atoms with van der Waals surface area (Å²) in [5.74, 6) is -0.144. The largest absolute Gasteiger partial charge is 0.449 e. The molecule has 0 saturated heterocycles. The Kier molecular flexibility index (Phi) is 5.89. The lowest BCUT2D eigenvalue weighted by Gasteiger charge is -2.18. The van der Waals surface area contributed by atoms with Crippen molar-refractivity contribution >= 4 is 17.6 Å². The number of rotatable bonds is 6. The van der Waals surface area contributed by atoms with Gasteiger partial charge in [0.2, 0.25) is 0 Å². The van der Waals surface area contributed by atoms with Gasteiger partial charge in [0.1, 0.15) is 5.82 Å². The highest BCUT2D eigenvalue weighted by Crippen LogP contribution is 2.21. The Morgan fingerprint density at radius 2 is 1.79 bits per heavy atom.